The van der Waals surface area contributed by atoms with Crippen LogP contribution in [0.4, 0.5) is 17.1 Å². The standard InChI is InChI=1S/C74H71N/c1-69(2,3)48-25-31-57-55-29-23-44(38-63(55)73(11,12)65(57)40-48)46-35-47(45-24-30-56-58-32-26-49(70(4,5)6)41-66(58)74(13,14)64(56)39-45)37-52(36-46)75(50-27-33-59-53-19-15-17-21-61(53)71(7,8)67(59)42-50)51-28-34-60-54-20-16-18-22-62(54)72(9,10)68(60)43-51/h15-43H,1-14H3. The molecule has 0 heterocycles. The number of hydrogen-bond acceptors (Lipinski definition) is 1. The average Bonchev–Trinajstić information content (AvgIpc) is 3.98. The summed E-state index contributed by atoms with van der Waals surface area (Å²) in [5.41, 5.74) is 32.4. The number of hydrogen-bond donors (Lipinski definition) is 0. The van der Waals surface area contributed by atoms with E-state index in [1.807, 2.05) is 0 Å². The molecule has 1 nitrogen and oxygen atoms in total. The second kappa shape index (κ2) is 15.7. The zero-order chi connectivity index (χ0) is 52.5. The average molecular weight is 974 g/mol. The van der Waals surface area contributed by atoms with Gasteiger partial charge in [0, 0.05) is 38.7 Å². The maximum atomic E-state index is 2.56. The summed E-state index contributed by atoms with van der Waals surface area (Å²) in [6, 6.07) is 69.0. The van der Waals surface area contributed by atoms with Crippen molar-refractivity contribution in [3.8, 4) is 66.8 Å². The van der Waals surface area contributed by atoms with Crippen molar-refractivity contribution in [1.29, 1.82) is 0 Å². The highest BCUT2D eigenvalue weighted by atomic mass is 15.1. The first-order valence-corrected chi connectivity index (χ1v) is 27.5. The maximum absolute atomic E-state index is 2.56. The molecule has 9 aromatic carbocycles. The summed E-state index contributed by atoms with van der Waals surface area (Å²) in [5, 5.41) is 0. The predicted octanol–water partition coefficient (Wildman–Crippen LogP) is 20.3. The third kappa shape index (κ3) is 6.95. The molecule has 13 rings (SSSR count). The Kier molecular flexibility index (Phi) is 9.92. The molecule has 0 N–H and O–H groups in total. The molecule has 0 spiro atoms. The molecule has 0 bridgehead atoms. The van der Waals surface area contributed by atoms with Crippen molar-refractivity contribution < 1.29 is 0 Å². The van der Waals surface area contributed by atoms with Crippen molar-refractivity contribution in [3.05, 3.63) is 232 Å². The summed E-state index contributed by atoms with van der Waals surface area (Å²) in [5.74, 6) is 0. The van der Waals surface area contributed by atoms with Gasteiger partial charge in [0.25, 0.3) is 0 Å². The van der Waals surface area contributed by atoms with Crippen LogP contribution in [0.25, 0.3) is 66.8 Å². The smallest absolute Gasteiger partial charge is 0.0473 e. The first-order chi connectivity index (χ1) is 35.4. The molecule has 0 radical (unpaired) electrons. The molecule has 0 saturated carbocycles. The van der Waals surface area contributed by atoms with Crippen molar-refractivity contribution >= 4 is 17.1 Å². The van der Waals surface area contributed by atoms with Crippen molar-refractivity contribution in [2.24, 2.45) is 0 Å². The number of benzene rings is 9. The van der Waals surface area contributed by atoms with Gasteiger partial charge < -0.3 is 4.90 Å². The highest BCUT2D eigenvalue weighted by Crippen LogP contribution is 2.56. The fourth-order valence-electron chi connectivity index (χ4n) is 14.0. The Bertz CT molecular complexity index is 3660. The SMILES string of the molecule is CC(C)(C)c1ccc2c(c1)C(C)(C)c1cc(-c3cc(-c4ccc5c(c4)C(C)(C)c4cc(C(C)(C)C)ccc4-5)cc(N(c4ccc5c(c4)C(C)(C)c4ccccc4-5)c4ccc5c(c4)C(C)(C)c4ccccc4-5)c3)ccc1-2. The zero-order valence-electron chi connectivity index (χ0n) is 46.7. The summed E-state index contributed by atoms with van der Waals surface area (Å²) in [6.45, 7) is 33.2. The Morgan fingerprint density at radius 1 is 0.253 bits per heavy atom. The van der Waals surface area contributed by atoms with Crippen molar-refractivity contribution in [2.45, 2.75) is 129 Å². The lowest BCUT2D eigenvalue weighted by Gasteiger charge is -2.30. The van der Waals surface area contributed by atoms with E-state index in [4.69, 9.17) is 0 Å². The molecule has 0 aliphatic heterocycles. The van der Waals surface area contributed by atoms with E-state index in [1.54, 1.807) is 0 Å². The van der Waals surface area contributed by atoms with Gasteiger partial charge in [-0.05, 0) is 188 Å². The van der Waals surface area contributed by atoms with Crippen molar-refractivity contribution in [2.75, 3.05) is 4.90 Å². The van der Waals surface area contributed by atoms with Crippen LogP contribution in [0.2, 0.25) is 0 Å². The van der Waals surface area contributed by atoms with E-state index in [2.05, 4.69) is 278 Å². The van der Waals surface area contributed by atoms with Gasteiger partial charge in [0.1, 0.15) is 0 Å². The van der Waals surface area contributed by atoms with E-state index in [-0.39, 0.29) is 32.5 Å². The highest BCUT2D eigenvalue weighted by Gasteiger charge is 2.41. The Hall–Kier alpha value is -7.22. The predicted molar refractivity (Wildman–Crippen MR) is 320 cm³/mol. The van der Waals surface area contributed by atoms with Gasteiger partial charge in [0.2, 0.25) is 0 Å². The van der Waals surface area contributed by atoms with E-state index in [9.17, 15) is 0 Å². The molecular formula is C74H71N. The highest BCUT2D eigenvalue weighted by molar-refractivity contribution is 5.93. The van der Waals surface area contributed by atoms with Gasteiger partial charge in [0.05, 0.1) is 0 Å². The Labute approximate surface area is 447 Å². The second-order valence-electron chi connectivity index (χ2n) is 26.7. The molecule has 0 fully saturated rings. The third-order valence-corrected chi connectivity index (χ3v) is 18.6. The van der Waals surface area contributed by atoms with Crippen molar-refractivity contribution in [1.82, 2.24) is 0 Å². The van der Waals surface area contributed by atoms with Crippen LogP contribution < -0.4 is 4.90 Å². The molecular weight excluding hydrogens is 903 g/mol. The monoisotopic (exact) mass is 974 g/mol. The van der Waals surface area contributed by atoms with E-state index in [1.165, 1.54) is 122 Å². The fourth-order valence-corrected chi connectivity index (χ4v) is 14.0. The van der Waals surface area contributed by atoms with E-state index >= 15 is 0 Å². The minimum absolute atomic E-state index is 0.0653. The quantitative estimate of drug-likeness (QED) is 0.166. The molecule has 0 aromatic heterocycles. The first-order valence-electron chi connectivity index (χ1n) is 27.5. The van der Waals surface area contributed by atoms with Gasteiger partial charge in [0.15, 0.2) is 0 Å². The Balaban J connectivity index is 1.04. The molecule has 9 aromatic rings. The van der Waals surface area contributed by atoms with Gasteiger partial charge in [-0.1, -0.05) is 218 Å². The third-order valence-electron chi connectivity index (χ3n) is 18.6. The van der Waals surface area contributed by atoms with E-state index < -0.39 is 0 Å². The summed E-state index contributed by atoms with van der Waals surface area (Å²) < 4.78 is 0. The van der Waals surface area contributed by atoms with E-state index in [0.717, 1.165) is 17.1 Å². The number of fused-ring (bicyclic) bond motifs is 12. The molecule has 75 heavy (non-hydrogen) atoms. The number of nitrogens with zero attached hydrogens (tertiary/aromatic N) is 1. The molecule has 4 aliphatic carbocycles. The Morgan fingerprint density at radius 3 is 0.947 bits per heavy atom. The minimum atomic E-state index is -0.161. The molecule has 0 unspecified atom stereocenters. The topological polar surface area (TPSA) is 3.24 Å². The van der Waals surface area contributed by atoms with Gasteiger partial charge in [-0.25, -0.2) is 0 Å². The summed E-state index contributed by atoms with van der Waals surface area (Å²) in [7, 11) is 0. The van der Waals surface area contributed by atoms with Crippen LogP contribution in [0.3, 0.4) is 0 Å². The minimum Gasteiger partial charge on any atom is -0.310 e. The van der Waals surface area contributed by atoms with Crippen LogP contribution >= 0.6 is 0 Å². The van der Waals surface area contributed by atoms with Crippen molar-refractivity contribution in [3.63, 3.8) is 0 Å². The fraction of sp³-hybridized carbons (Fsp3) is 0.270. The molecule has 0 saturated heterocycles. The van der Waals surface area contributed by atoms with Gasteiger partial charge >= 0.3 is 0 Å². The van der Waals surface area contributed by atoms with Crippen LogP contribution in [-0.2, 0) is 32.5 Å². The molecule has 4 aliphatic rings. The van der Waals surface area contributed by atoms with Crippen LogP contribution in [-0.4, -0.2) is 0 Å². The molecule has 0 atom stereocenters. The van der Waals surface area contributed by atoms with Crippen LogP contribution in [0.5, 0.6) is 0 Å². The molecule has 0 amide bonds. The van der Waals surface area contributed by atoms with Gasteiger partial charge in [-0.2, -0.15) is 0 Å². The van der Waals surface area contributed by atoms with Crippen LogP contribution in [0, 0.1) is 0 Å². The lowest BCUT2D eigenvalue weighted by Crippen LogP contribution is -2.18. The lowest BCUT2D eigenvalue weighted by atomic mass is 9.78. The number of anilines is 3. The largest absolute Gasteiger partial charge is 0.310 e. The normalized spacial score (nSPS) is 16.3. The summed E-state index contributed by atoms with van der Waals surface area (Å²) >= 11 is 0. The van der Waals surface area contributed by atoms with Gasteiger partial charge in [-0.3, -0.25) is 0 Å². The molecule has 1 heteroatoms. The molecule has 372 valence electrons. The van der Waals surface area contributed by atoms with Crippen LogP contribution in [0.15, 0.2) is 176 Å². The summed E-state index contributed by atoms with van der Waals surface area (Å²) in [4.78, 5) is 2.56. The first kappa shape index (κ1) is 47.5. The van der Waals surface area contributed by atoms with Crippen LogP contribution in [0.1, 0.15) is 153 Å². The number of rotatable bonds is 5. The maximum Gasteiger partial charge on any atom is 0.0473 e. The zero-order valence-corrected chi connectivity index (χ0v) is 46.7. The second-order valence-corrected chi connectivity index (χ2v) is 26.7. The lowest BCUT2D eigenvalue weighted by molar-refractivity contribution is 0.584. The van der Waals surface area contributed by atoms with Gasteiger partial charge in [-0.15, -0.1) is 0 Å². The van der Waals surface area contributed by atoms with E-state index in [0.29, 0.717) is 0 Å². The Morgan fingerprint density at radius 2 is 0.560 bits per heavy atom. The summed E-state index contributed by atoms with van der Waals surface area (Å²) in [6.07, 6.45) is 0.